The van der Waals surface area contributed by atoms with Crippen LogP contribution in [0.15, 0.2) is 0 Å². The van der Waals surface area contributed by atoms with Crippen LogP contribution in [0.5, 0.6) is 0 Å². The van der Waals surface area contributed by atoms with E-state index in [1.54, 1.807) is 7.05 Å². The second kappa shape index (κ2) is 3.96. The van der Waals surface area contributed by atoms with E-state index in [4.69, 9.17) is 0 Å². The molecule has 4 nitrogen and oxygen atoms in total. The maximum Gasteiger partial charge on any atom is 0.0326 e. The molecular weight excluding hydrogens is 128 g/mol. The van der Waals surface area contributed by atoms with Crippen LogP contribution in [0.3, 0.4) is 0 Å². The van der Waals surface area contributed by atoms with Gasteiger partial charge in [-0.2, -0.15) is 4.83 Å². The van der Waals surface area contributed by atoms with Gasteiger partial charge >= 0.3 is 0 Å². The van der Waals surface area contributed by atoms with Crippen molar-refractivity contribution in [2.24, 2.45) is 0 Å². The molecule has 0 heterocycles. The Hall–Kier alpha value is 0.0300. The average molecular weight is 137 g/mol. The van der Waals surface area contributed by atoms with Crippen LogP contribution in [0.1, 0.15) is 6.92 Å². The third kappa shape index (κ3) is 4.20. The molecule has 0 aromatic heterocycles. The molecule has 50 valence electrons. The summed E-state index contributed by atoms with van der Waals surface area (Å²) in [5.41, 5.74) is 0. The first-order valence-corrected chi connectivity index (χ1v) is 3.31. The molecule has 1 atom stereocenters. The molecule has 0 aliphatic rings. The van der Waals surface area contributed by atoms with E-state index in [0.717, 1.165) is 0 Å². The molecule has 0 fully saturated rings. The molecule has 0 amide bonds. The summed E-state index contributed by atoms with van der Waals surface area (Å²) in [5, 5.41) is 1.46. The number of hydrogen-bond acceptors (Lipinski definition) is 3. The molecule has 0 saturated heterocycles. The fourth-order valence-corrected chi connectivity index (χ4v) is 0.575. The van der Waals surface area contributed by atoms with Crippen LogP contribution in [0.4, 0.5) is 0 Å². The van der Waals surface area contributed by atoms with Gasteiger partial charge in [-0.05, 0) is 0 Å². The largest absolute Gasteiger partial charge is 0.759 e. The average Bonchev–Trinajstić information content (AvgIpc) is 1.65. The number of hydrogen-bond donors (Lipinski definition) is 1. The van der Waals surface area contributed by atoms with Crippen LogP contribution < -0.4 is 4.83 Å². The van der Waals surface area contributed by atoms with E-state index >= 15 is 0 Å². The lowest BCUT2D eigenvalue weighted by Gasteiger charge is -2.16. The zero-order valence-corrected chi connectivity index (χ0v) is 5.70. The van der Waals surface area contributed by atoms with E-state index in [0.29, 0.717) is 6.54 Å². The Morgan fingerprint density at radius 1 is 1.88 bits per heavy atom. The van der Waals surface area contributed by atoms with Gasteiger partial charge in [0.2, 0.25) is 0 Å². The van der Waals surface area contributed by atoms with Gasteiger partial charge in [-0.15, -0.1) is 0 Å². The molecule has 0 radical (unpaired) electrons. The lowest BCUT2D eigenvalue weighted by molar-refractivity contribution is 0.307. The van der Waals surface area contributed by atoms with Crippen molar-refractivity contribution in [2.75, 3.05) is 13.6 Å². The maximum absolute atomic E-state index is 9.82. The molecule has 0 aromatic carbocycles. The van der Waals surface area contributed by atoms with Crippen molar-refractivity contribution in [3.8, 4) is 0 Å². The van der Waals surface area contributed by atoms with Gasteiger partial charge in [-0.3, -0.25) is 4.21 Å². The summed E-state index contributed by atoms with van der Waals surface area (Å²) in [6, 6.07) is 0. The summed E-state index contributed by atoms with van der Waals surface area (Å²) in [6.07, 6.45) is 0. The fourth-order valence-electron chi connectivity index (χ4n) is 0.192. The van der Waals surface area contributed by atoms with E-state index in [1.807, 2.05) is 6.92 Å². The highest BCUT2D eigenvalue weighted by molar-refractivity contribution is 7.76. The molecule has 0 bridgehead atoms. The monoisotopic (exact) mass is 137 g/mol. The Kier molecular flexibility index (Phi) is 3.98. The van der Waals surface area contributed by atoms with Crippen molar-refractivity contribution in [3.05, 3.63) is 0 Å². The van der Waals surface area contributed by atoms with Crippen molar-refractivity contribution in [2.45, 2.75) is 6.92 Å². The van der Waals surface area contributed by atoms with Gasteiger partial charge in [0, 0.05) is 24.9 Å². The summed E-state index contributed by atoms with van der Waals surface area (Å²) >= 11 is -2.17. The Bertz CT molecular complexity index is 87.4. The van der Waals surface area contributed by atoms with Crippen molar-refractivity contribution < 1.29 is 8.76 Å². The van der Waals surface area contributed by atoms with Gasteiger partial charge in [-0.25, -0.2) is 5.01 Å². The van der Waals surface area contributed by atoms with Gasteiger partial charge in [0.15, 0.2) is 0 Å². The summed E-state index contributed by atoms with van der Waals surface area (Å²) in [6.45, 7) is 2.51. The molecule has 0 rings (SSSR count). The highest BCUT2D eigenvalue weighted by Gasteiger charge is 1.87. The van der Waals surface area contributed by atoms with Crippen molar-refractivity contribution in [1.29, 1.82) is 0 Å². The zero-order valence-electron chi connectivity index (χ0n) is 4.88. The van der Waals surface area contributed by atoms with Crippen molar-refractivity contribution >= 4 is 11.3 Å². The minimum absolute atomic E-state index is 0.661. The third-order valence-electron chi connectivity index (χ3n) is 0.705. The molecule has 0 aromatic rings. The van der Waals surface area contributed by atoms with Gasteiger partial charge in [0.05, 0.1) is 0 Å². The molecule has 0 aliphatic carbocycles. The summed E-state index contributed by atoms with van der Waals surface area (Å²) in [4.78, 5) is 2.14. The van der Waals surface area contributed by atoms with E-state index in [9.17, 15) is 8.76 Å². The van der Waals surface area contributed by atoms with Gasteiger partial charge in [-0.1, -0.05) is 6.92 Å². The van der Waals surface area contributed by atoms with E-state index < -0.39 is 11.3 Å². The zero-order chi connectivity index (χ0) is 6.57. The highest BCUT2D eigenvalue weighted by atomic mass is 32.2. The van der Waals surface area contributed by atoms with E-state index in [1.165, 1.54) is 5.01 Å². The summed E-state index contributed by atoms with van der Waals surface area (Å²) in [5.74, 6) is 0. The standard InChI is InChI=1S/C3H10N2O2S/c1-3-5(2)4-8(6)7/h4H,3H2,1-2H3,(H,6,7)/p-1. The molecular formula is C3H9N2O2S-. The second-order valence-electron chi connectivity index (χ2n) is 1.34. The normalized spacial score (nSPS) is 14.5. The lowest BCUT2D eigenvalue weighted by Crippen LogP contribution is -2.35. The fraction of sp³-hybridized carbons (Fsp3) is 1.00. The Labute approximate surface area is 51.3 Å². The molecule has 5 heteroatoms. The Balaban J connectivity index is 3.24. The van der Waals surface area contributed by atoms with Crippen molar-refractivity contribution in [1.82, 2.24) is 9.84 Å². The smallest absolute Gasteiger partial charge is 0.0326 e. The minimum Gasteiger partial charge on any atom is -0.759 e. The first-order valence-electron chi connectivity index (χ1n) is 2.23. The molecule has 8 heavy (non-hydrogen) atoms. The predicted octanol–water partition coefficient (Wildman–Crippen LogP) is -0.763. The van der Waals surface area contributed by atoms with Crippen LogP contribution in [0.25, 0.3) is 0 Å². The summed E-state index contributed by atoms with van der Waals surface area (Å²) in [7, 11) is 1.65. The SMILES string of the molecule is CCN(C)NS(=O)[O-]. The maximum atomic E-state index is 9.82. The molecule has 1 N–H and O–H groups in total. The van der Waals surface area contributed by atoms with E-state index in [2.05, 4.69) is 4.83 Å². The third-order valence-corrected chi connectivity index (χ3v) is 1.17. The van der Waals surface area contributed by atoms with Crippen LogP contribution >= 0.6 is 0 Å². The number of nitrogens with zero attached hydrogens (tertiary/aromatic N) is 1. The van der Waals surface area contributed by atoms with Crippen LogP contribution in [0, 0.1) is 0 Å². The number of rotatable bonds is 3. The first-order chi connectivity index (χ1) is 3.66. The van der Waals surface area contributed by atoms with Crippen LogP contribution in [-0.4, -0.2) is 27.4 Å². The van der Waals surface area contributed by atoms with E-state index in [-0.39, 0.29) is 0 Å². The lowest BCUT2D eigenvalue weighted by atomic mass is 10.8. The molecule has 0 aliphatic heterocycles. The minimum atomic E-state index is -2.17. The molecule has 0 spiro atoms. The molecule has 0 saturated carbocycles. The van der Waals surface area contributed by atoms with Crippen LogP contribution in [0.2, 0.25) is 0 Å². The van der Waals surface area contributed by atoms with Crippen molar-refractivity contribution in [3.63, 3.8) is 0 Å². The Morgan fingerprint density at radius 3 is 2.50 bits per heavy atom. The predicted molar refractivity (Wildman–Crippen MR) is 30.4 cm³/mol. The second-order valence-corrected chi connectivity index (χ2v) is 1.99. The highest BCUT2D eigenvalue weighted by Crippen LogP contribution is 1.71. The van der Waals surface area contributed by atoms with Gasteiger partial charge in [0.25, 0.3) is 0 Å². The number of nitrogens with one attached hydrogen (secondary N) is 1. The number of hydrazine groups is 1. The van der Waals surface area contributed by atoms with Gasteiger partial charge in [0.1, 0.15) is 0 Å². The quantitative estimate of drug-likeness (QED) is 0.411. The topological polar surface area (TPSA) is 55.4 Å². The summed E-state index contributed by atoms with van der Waals surface area (Å²) < 4.78 is 19.6. The molecule has 1 unspecified atom stereocenters. The van der Waals surface area contributed by atoms with Gasteiger partial charge < -0.3 is 4.55 Å². The first kappa shape index (κ1) is 8.03. The van der Waals surface area contributed by atoms with Crippen LogP contribution in [-0.2, 0) is 11.3 Å². The Morgan fingerprint density at radius 2 is 2.38 bits per heavy atom.